The maximum absolute atomic E-state index is 13.2. The molecule has 0 bridgehead atoms. The van der Waals surface area contributed by atoms with Crippen LogP contribution in [-0.2, 0) is 6.54 Å². The molecule has 0 saturated carbocycles. The van der Waals surface area contributed by atoms with Crippen LogP contribution in [0.5, 0.6) is 0 Å². The van der Waals surface area contributed by atoms with Gasteiger partial charge in [0.25, 0.3) is 0 Å². The predicted octanol–water partition coefficient (Wildman–Crippen LogP) is 2.35. The molecule has 78 valence electrons. The van der Waals surface area contributed by atoms with Gasteiger partial charge < -0.3 is 0 Å². The van der Waals surface area contributed by atoms with Crippen molar-refractivity contribution in [3.8, 4) is 0 Å². The SMILES string of the molecule is Fc1cc(F)c(Cn2cccn2)c(F)c1. The van der Waals surface area contributed by atoms with Crippen LogP contribution in [0.15, 0.2) is 30.6 Å². The lowest BCUT2D eigenvalue weighted by Gasteiger charge is -2.05. The first-order valence-corrected chi connectivity index (χ1v) is 4.27. The van der Waals surface area contributed by atoms with Crippen molar-refractivity contribution in [3.63, 3.8) is 0 Å². The van der Waals surface area contributed by atoms with Crippen molar-refractivity contribution in [1.29, 1.82) is 0 Å². The van der Waals surface area contributed by atoms with Crippen molar-refractivity contribution in [2.24, 2.45) is 0 Å². The standard InChI is InChI=1S/C10H7F3N2/c11-7-4-9(12)8(10(13)5-7)6-15-3-1-2-14-15/h1-5H,6H2. The van der Waals surface area contributed by atoms with Crippen LogP contribution in [0.4, 0.5) is 13.2 Å². The highest BCUT2D eigenvalue weighted by Crippen LogP contribution is 2.15. The molecular formula is C10H7F3N2. The Morgan fingerprint density at radius 1 is 1.13 bits per heavy atom. The Morgan fingerprint density at radius 2 is 1.80 bits per heavy atom. The van der Waals surface area contributed by atoms with Crippen LogP contribution in [0.1, 0.15) is 5.56 Å². The molecule has 0 aliphatic heterocycles. The van der Waals surface area contributed by atoms with Crippen molar-refractivity contribution in [2.75, 3.05) is 0 Å². The molecule has 0 atom stereocenters. The number of rotatable bonds is 2. The van der Waals surface area contributed by atoms with E-state index in [-0.39, 0.29) is 12.1 Å². The Bertz CT molecular complexity index is 443. The van der Waals surface area contributed by atoms with Crippen molar-refractivity contribution < 1.29 is 13.2 Å². The zero-order chi connectivity index (χ0) is 10.8. The summed E-state index contributed by atoms with van der Waals surface area (Å²) in [5.74, 6) is -2.72. The highest BCUT2D eigenvalue weighted by Gasteiger charge is 2.11. The van der Waals surface area contributed by atoms with E-state index in [4.69, 9.17) is 0 Å². The summed E-state index contributed by atoms with van der Waals surface area (Å²) in [4.78, 5) is 0. The fraction of sp³-hybridized carbons (Fsp3) is 0.100. The van der Waals surface area contributed by atoms with E-state index in [0.29, 0.717) is 12.1 Å². The Balaban J connectivity index is 2.36. The Kier molecular flexibility index (Phi) is 2.45. The van der Waals surface area contributed by atoms with E-state index in [1.807, 2.05) is 0 Å². The molecule has 0 spiro atoms. The molecule has 0 unspecified atom stereocenters. The monoisotopic (exact) mass is 212 g/mol. The molecule has 0 aliphatic rings. The second-order valence-electron chi connectivity index (χ2n) is 3.05. The minimum absolute atomic E-state index is 0.0506. The minimum Gasteiger partial charge on any atom is -0.268 e. The van der Waals surface area contributed by atoms with Gasteiger partial charge in [0.15, 0.2) is 0 Å². The number of hydrogen-bond acceptors (Lipinski definition) is 1. The lowest BCUT2D eigenvalue weighted by Crippen LogP contribution is -2.05. The number of benzene rings is 1. The molecule has 1 heterocycles. The third-order valence-corrected chi connectivity index (χ3v) is 1.99. The van der Waals surface area contributed by atoms with E-state index < -0.39 is 17.5 Å². The first-order chi connectivity index (χ1) is 7.16. The molecule has 0 aliphatic carbocycles. The van der Waals surface area contributed by atoms with E-state index in [2.05, 4.69) is 5.10 Å². The van der Waals surface area contributed by atoms with Crippen LogP contribution < -0.4 is 0 Å². The highest BCUT2D eigenvalue weighted by atomic mass is 19.1. The molecular weight excluding hydrogens is 205 g/mol. The van der Waals surface area contributed by atoms with E-state index in [1.165, 1.54) is 10.9 Å². The second-order valence-corrected chi connectivity index (χ2v) is 3.05. The number of halogens is 3. The fourth-order valence-corrected chi connectivity index (χ4v) is 1.28. The fourth-order valence-electron chi connectivity index (χ4n) is 1.28. The Hall–Kier alpha value is -1.78. The van der Waals surface area contributed by atoms with Crippen LogP contribution >= 0.6 is 0 Å². The molecule has 2 aromatic rings. The van der Waals surface area contributed by atoms with Crippen LogP contribution in [0.25, 0.3) is 0 Å². The summed E-state index contributed by atoms with van der Waals surface area (Å²) in [6.45, 7) is -0.0506. The van der Waals surface area contributed by atoms with E-state index in [9.17, 15) is 13.2 Å². The average molecular weight is 212 g/mol. The molecule has 1 aromatic carbocycles. The third kappa shape index (κ3) is 2.01. The maximum Gasteiger partial charge on any atom is 0.134 e. The quantitative estimate of drug-likeness (QED) is 0.747. The number of hydrogen-bond donors (Lipinski definition) is 0. The molecule has 0 fully saturated rings. The molecule has 5 heteroatoms. The van der Waals surface area contributed by atoms with E-state index >= 15 is 0 Å². The normalized spacial score (nSPS) is 10.6. The topological polar surface area (TPSA) is 17.8 Å². The van der Waals surface area contributed by atoms with Crippen LogP contribution in [0, 0.1) is 17.5 Å². The van der Waals surface area contributed by atoms with Crippen molar-refractivity contribution in [1.82, 2.24) is 9.78 Å². The van der Waals surface area contributed by atoms with Crippen molar-refractivity contribution >= 4 is 0 Å². The van der Waals surface area contributed by atoms with Gasteiger partial charge in [-0.05, 0) is 6.07 Å². The van der Waals surface area contributed by atoms with Crippen LogP contribution in [0.3, 0.4) is 0 Å². The molecule has 0 amide bonds. The van der Waals surface area contributed by atoms with Gasteiger partial charge in [-0.3, -0.25) is 4.68 Å². The summed E-state index contributed by atoms with van der Waals surface area (Å²) in [5.41, 5.74) is -0.194. The molecule has 2 rings (SSSR count). The van der Waals surface area contributed by atoms with Crippen molar-refractivity contribution in [3.05, 3.63) is 53.6 Å². The van der Waals surface area contributed by atoms with Gasteiger partial charge in [-0.15, -0.1) is 0 Å². The smallest absolute Gasteiger partial charge is 0.134 e. The average Bonchev–Trinajstić information content (AvgIpc) is 2.63. The molecule has 0 N–H and O–H groups in total. The molecule has 2 nitrogen and oxygen atoms in total. The number of aromatic nitrogens is 2. The first-order valence-electron chi connectivity index (χ1n) is 4.27. The van der Waals surface area contributed by atoms with E-state index in [0.717, 1.165) is 0 Å². The van der Waals surface area contributed by atoms with Gasteiger partial charge in [-0.1, -0.05) is 0 Å². The lowest BCUT2D eigenvalue weighted by atomic mass is 10.2. The second kappa shape index (κ2) is 3.76. The summed E-state index contributed by atoms with van der Waals surface area (Å²) in [5, 5.41) is 3.81. The molecule has 15 heavy (non-hydrogen) atoms. The molecule has 0 radical (unpaired) electrons. The van der Waals surface area contributed by atoms with Gasteiger partial charge in [-0.2, -0.15) is 5.10 Å². The van der Waals surface area contributed by atoms with Crippen molar-refractivity contribution in [2.45, 2.75) is 6.54 Å². The predicted molar refractivity (Wildman–Crippen MR) is 47.6 cm³/mol. The third-order valence-electron chi connectivity index (χ3n) is 1.99. The van der Waals surface area contributed by atoms with Gasteiger partial charge >= 0.3 is 0 Å². The lowest BCUT2D eigenvalue weighted by molar-refractivity contribution is 0.508. The summed E-state index contributed by atoms with van der Waals surface area (Å²) in [6, 6.07) is 2.95. The first kappa shape index (κ1) is 9.76. The summed E-state index contributed by atoms with van der Waals surface area (Å²) in [6.07, 6.45) is 3.07. The Labute approximate surface area is 84.0 Å². The maximum atomic E-state index is 13.2. The van der Waals surface area contributed by atoms with Gasteiger partial charge in [0.2, 0.25) is 0 Å². The molecule has 0 saturated heterocycles. The summed E-state index contributed by atoms with van der Waals surface area (Å²) in [7, 11) is 0. The highest BCUT2D eigenvalue weighted by molar-refractivity contribution is 5.21. The van der Waals surface area contributed by atoms with Gasteiger partial charge in [0, 0.05) is 30.1 Å². The zero-order valence-corrected chi connectivity index (χ0v) is 7.62. The van der Waals surface area contributed by atoms with Gasteiger partial charge in [0.1, 0.15) is 17.5 Å². The number of nitrogens with zero attached hydrogens (tertiary/aromatic N) is 2. The summed E-state index contributed by atoms with van der Waals surface area (Å²) >= 11 is 0. The zero-order valence-electron chi connectivity index (χ0n) is 7.62. The largest absolute Gasteiger partial charge is 0.268 e. The van der Waals surface area contributed by atoms with Crippen LogP contribution in [0.2, 0.25) is 0 Å². The minimum atomic E-state index is -0.922. The van der Waals surface area contributed by atoms with Gasteiger partial charge in [0.05, 0.1) is 6.54 Å². The van der Waals surface area contributed by atoms with E-state index in [1.54, 1.807) is 12.3 Å². The van der Waals surface area contributed by atoms with Crippen LogP contribution in [-0.4, -0.2) is 9.78 Å². The molecule has 1 aromatic heterocycles. The van der Waals surface area contributed by atoms with Gasteiger partial charge in [-0.25, -0.2) is 13.2 Å². The summed E-state index contributed by atoms with van der Waals surface area (Å²) < 4.78 is 40.3. The Morgan fingerprint density at radius 3 is 2.33 bits per heavy atom.